The van der Waals surface area contributed by atoms with Crippen molar-refractivity contribution in [3.05, 3.63) is 65.2 Å². The van der Waals surface area contributed by atoms with Crippen molar-refractivity contribution >= 4 is 11.6 Å². The van der Waals surface area contributed by atoms with Gasteiger partial charge >= 0.3 is 0 Å². The number of nitrogens with one attached hydrogen (secondary N) is 1. The molecule has 0 saturated heterocycles. The van der Waals surface area contributed by atoms with Crippen LogP contribution in [-0.4, -0.2) is 11.9 Å². The molecule has 2 aromatic carbocycles. The monoisotopic (exact) mass is 280 g/mol. The van der Waals surface area contributed by atoms with E-state index in [9.17, 15) is 4.79 Å². The Balaban J connectivity index is 1.65. The van der Waals surface area contributed by atoms with E-state index in [1.807, 2.05) is 31.2 Å². The maximum absolute atomic E-state index is 12.4. The molecule has 3 nitrogen and oxygen atoms in total. The molecule has 0 spiro atoms. The number of nitrogen functional groups attached to an aromatic ring is 1. The van der Waals surface area contributed by atoms with Crippen LogP contribution in [0, 0.1) is 0 Å². The van der Waals surface area contributed by atoms with E-state index in [2.05, 4.69) is 29.6 Å². The van der Waals surface area contributed by atoms with E-state index in [0.29, 0.717) is 5.69 Å². The van der Waals surface area contributed by atoms with E-state index in [4.69, 9.17) is 5.73 Å². The topological polar surface area (TPSA) is 55.1 Å². The molecule has 1 unspecified atom stereocenters. The maximum atomic E-state index is 12.4. The number of rotatable bonds is 3. The number of hydrogen-bond donors (Lipinski definition) is 2. The standard InChI is InChI=1S/C18H20N2O/c1-12(13-7-4-8-16(19)9-13)18(21)20-17-10-14-5-2-3-6-15(14)11-17/h2-9,12,17H,10-11,19H2,1H3,(H,20,21). The lowest BCUT2D eigenvalue weighted by Crippen LogP contribution is -2.37. The predicted molar refractivity (Wildman–Crippen MR) is 85.1 cm³/mol. The van der Waals surface area contributed by atoms with Gasteiger partial charge in [-0.1, -0.05) is 36.4 Å². The third-order valence-corrected chi connectivity index (χ3v) is 4.20. The highest BCUT2D eigenvalue weighted by Crippen LogP contribution is 2.23. The molecule has 1 atom stereocenters. The van der Waals surface area contributed by atoms with Gasteiger partial charge in [0.2, 0.25) is 5.91 Å². The fourth-order valence-electron chi connectivity index (χ4n) is 2.97. The highest BCUT2D eigenvalue weighted by molar-refractivity contribution is 5.83. The summed E-state index contributed by atoms with van der Waals surface area (Å²) in [6, 6.07) is 16.1. The molecule has 3 heteroatoms. The summed E-state index contributed by atoms with van der Waals surface area (Å²) in [6.45, 7) is 1.92. The Morgan fingerprint density at radius 3 is 2.43 bits per heavy atom. The van der Waals surface area contributed by atoms with Crippen LogP contribution in [0.4, 0.5) is 5.69 Å². The van der Waals surface area contributed by atoms with Crippen molar-refractivity contribution in [2.24, 2.45) is 0 Å². The molecule has 0 bridgehead atoms. The van der Waals surface area contributed by atoms with Gasteiger partial charge < -0.3 is 11.1 Å². The summed E-state index contributed by atoms with van der Waals surface area (Å²) in [5, 5.41) is 3.16. The first-order valence-electron chi connectivity index (χ1n) is 7.36. The van der Waals surface area contributed by atoms with Crippen molar-refractivity contribution in [2.45, 2.75) is 31.7 Å². The van der Waals surface area contributed by atoms with Crippen LogP contribution < -0.4 is 11.1 Å². The summed E-state index contributed by atoms with van der Waals surface area (Å²) in [6.07, 6.45) is 1.84. The van der Waals surface area contributed by atoms with Gasteiger partial charge in [0.1, 0.15) is 0 Å². The van der Waals surface area contributed by atoms with Gasteiger partial charge in [0.15, 0.2) is 0 Å². The first-order valence-corrected chi connectivity index (χ1v) is 7.36. The Bertz CT molecular complexity index is 641. The van der Waals surface area contributed by atoms with Gasteiger partial charge in [0, 0.05) is 11.7 Å². The third-order valence-electron chi connectivity index (χ3n) is 4.20. The summed E-state index contributed by atoms with van der Waals surface area (Å²) in [5.74, 6) is -0.115. The molecule has 0 aromatic heterocycles. The van der Waals surface area contributed by atoms with Crippen molar-refractivity contribution in [3.8, 4) is 0 Å². The van der Waals surface area contributed by atoms with E-state index < -0.39 is 0 Å². The molecule has 0 saturated carbocycles. The number of carbonyl (C=O) groups excluding carboxylic acids is 1. The number of benzene rings is 2. The molecule has 0 heterocycles. The van der Waals surface area contributed by atoms with Gasteiger partial charge in [-0.25, -0.2) is 0 Å². The molecule has 1 aliphatic rings. The van der Waals surface area contributed by atoms with Gasteiger partial charge in [-0.3, -0.25) is 4.79 Å². The van der Waals surface area contributed by atoms with Crippen molar-refractivity contribution < 1.29 is 4.79 Å². The van der Waals surface area contributed by atoms with Gasteiger partial charge in [-0.05, 0) is 48.6 Å². The van der Waals surface area contributed by atoms with E-state index in [1.165, 1.54) is 11.1 Å². The normalized spacial score (nSPS) is 15.5. The second kappa shape index (κ2) is 5.60. The average molecular weight is 280 g/mol. The van der Waals surface area contributed by atoms with Crippen LogP contribution >= 0.6 is 0 Å². The first kappa shape index (κ1) is 13.7. The smallest absolute Gasteiger partial charge is 0.227 e. The fourth-order valence-corrected chi connectivity index (χ4v) is 2.97. The van der Waals surface area contributed by atoms with Crippen molar-refractivity contribution in [1.29, 1.82) is 0 Å². The quantitative estimate of drug-likeness (QED) is 0.849. The van der Waals surface area contributed by atoms with Crippen LogP contribution in [0.5, 0.6) is 0 Å². The Hall–Kier alpha value is -2.29. The first-order chi connectivity index (χ1) is 10.1. The van der Waals surface area contributed by atoms with Gasteiger partial charge in [0.05, 0.1) is 5.92 Å². The Morgan fingerprint density at radius 2 is 1.81 bits per heavy atom. The molecule has 3 N–H and O–H groups in total. The summed E-state index contributed by atoms with van der Waals surface area (Å²) in [5.41, 5.74) is 10.1. The Kier molecular flexibility index (Phi) is 3.65. The molecule has 2 aromatic rings. The molecule has 1 aliphatic carbocycles. The number of nitrogens with two attached hydrogens (primary N) is 1. The minimum absolute atomic E-state index is 0.0680. The van der Waals surface area contributed by atoms with Crippen molar-refractivity contribution in [1.82, 2.24) is 5.32 Å². The minimum Gasteiger partial charge on any atom is -0.399 e. The van der Waals surface area contributed by atoms with E-state index in [0.717, 1.165) is 18.4 Å². The summed E-state index contributed by atoms with van der Waals surface area (Å²) in [7, 11) is 0. The molecule has 0 radical (unpaired) electrons. The lowest BCUT2D eigenvalue weighted by molar-refractivity contribution is -0.122. The lowest BCUT2D eigenvalue weighted by atomic mass is 9.99. The molecule has 108 valence electrons. The molecule has 1 amide bonds. The second-order valence-corrected chi connectivity index (χ2v) is 5.77. The predicted octanol–water partition coefficient (Wildman–Crippen LogP) is 2.66. The number of hydrogen-bond acceptors (Lipinski definition) is 2. The number of amides is 1. The SMILES string of the molecule is CC(C(=O)NC1Cc2ccccc2C1)c1cccc(N)c1. The lowest BCUT2D eigenvalue weighted by Gasteiger charge is -2.17. The summed E-state index contributed by atoms with van der Waals surface area (Å²) in [4.78, 5) is 12.4. The maximum Gasteiger partial charge on any atom is 0.227 e. The van der Waals surface area contributed by atoms with E-state index in [1.54, 1.807) is 0 Å². The van der Waals surface area contributed by atoms with Crippen LogP contribution in [0.1, 0.15) is 29.5 Å². The molecule has 21 heavy (non-hydrogen) atoms. The summed E-state index contributed by atoms with van der Waals surface area (Å²) >= 11 is 0. The Labute approximate surface area is 125 Å². The Morgan fingerprint density at radius 1 is 1.14 bits per heavy atom. The number of carbonyl (C=O) groups is 1. The zero-order valence-electron chi connectivity index (χ0n) is 12.2. The molecular formula is C18H20N2O. The molecular weight excluding hydrogens is 260 g/mol. The zero-order chi connectivity index (χ0) is 14.8. The molecule has 0 aliphatic heterocycles. The van der Waals surface area contributed by atoms with Crippen molar-refractivity contribution in [3.63, 3.8) is 0 Å². The third kappa shape index (κ3) is 2.92. The molecule has 0 fully saturated rings. The van der Waals surface area contributed by atoms with Crippen LogP contribution in [-0.2, 0) is 17.6 Å². The van der Waals surface area contributed by atoms with Crippen LogP contribution in [0.25, 0.3) is 0 Å². The summed E-state index contributed by atoms with van der Waals surface area (Å²) < 4.78 is 0. The highest BCUT2D eigenvalue weighted by Gasteiger charge is 2.24. The minimum atomic E-state index is -0.183. The van der Waals surface area contributed by atoms with Gasteiger partial charge in [0.25, 0.3) is 0 Å². The fraction of sp³-hybridized carbons (Fsp3) is 0.278. The largest absolute Gasteiger partial charge is 0.399 e. The van der Waals surface area contributed by atoms with E-state index >= 15 is 0 Å². The highest BCUT2D eigenvalue weighted by atomic mass is 16.1. The van der Waals surface area contributed by atoms with Gasteiger partial charge in [-0.15, -0.1) is 0 Å². The van der Waals surface area contributed by atoms with E-state index in [-0.39, 0.29) is 17.9 Å². The average Bonchev–Trinajstić information content (AvgIpc) is 2.88. The number of fused-ring (bicyclic) bond motifs is 1. The van der Waals surface area contributed by atoms with Gasteiger partial charge in [-0.2, -0.15) is 0 Å². The van der Waals surface area contributed by atoms with Crippen LogP contribution in [0.3, 0.4) is 0 Å². The zero-order valence-corrected chi connectivity index (χ0v) is 12.2. The van der Waals surface area contributed by atoms with Crippen LogP contribution in [0.15, 0.2) is 48.5 Å². The second-order valence-electron chi connectivity index (χ2n) is 5.77. The number of anilines is 1. The molecule has 3 rings (SSSR count). The van der Waals surface area contributed by atoms with Crippen molar-refractivity contribution in [2.75, 3.05) is 5.73 Å². The van der Waals surface area contributed by atoms with Crippen LogP contribution in [0.2, 0.25) is 0 Å².